The van der Waals surface area contributed by atoms with Crippen molar-refractivity contribution >= 4 is 27.6 Å². The zero-order valence-electron chi connectivity index (χ0n) is 9.00. The number of nitrogens with one attached hydrogen (secondary N) is 1. The number of benzene rings is 1. The van der Waals surface area contributed by atoms with E-state index in [1.54, 1.807) is 6.92 Å². The van der Waals surface area contributed by atoms with Gasteiger partial charge in [-0.1, -0.05) is 22.0 Å². The summed E-state index contributed by atoms with van der Waals surface area (Å²) in [4.78, 5) is 11.2. The molecule has 0 heterocycles. The summed E-state index contributed by atoms with van der Waals surface area (Å²) in [5, 5.41) is 3.10. The summed E-state index contributed by atoms with van der Waals surface area (Å²) in [6.07, 6.45) is 0. The Kier molecular flexibility index (Phi) is 4.15. The predicted molar refractivity (Wildman–Crippen MR) is 64.0 cm³/mol. The van der Waals surface area contributed by atoms with Crippen LogP contribution in [-0.4, -0.2) is 19.1 Å². The van der Waals surface area contributed by atoms with Crippen LogP contribution in [-0.2, 0) is 9.53 Å². The fourth-order valence-corrected chi connectivity index (χ4v) is 1.58. The molecule has 0 aliphatic rings. The third kappa shape index (κ3) is 3.23. The van der Waals surface area contributed by atoms with Crippen molar-refractivity contribution < 1.29 is 9.53 Å². The largest absolute Gasteiger partial charge is 0.467 e. The van der Waals surface area contributed by atoms with E-state index in [-0.39, 0.29) is 12.0 Å². The minimum atomic E-state index is -0.344. The maximum absolute atomic E-state index is 11.2. The van der Waals surface area contributed by atoms with Gasteiger partial charge in [-0.15, -0.1) is 0 Å². The van der Waals surface area contributed by atoms with Crippen LogP contribution in [0, 0.1) is 6.92 Å². The van der Waals surface area contributed by atoms with Gasteiger partial charge in [-0.05, 0) is 31.5 Å². The van der Waals surface area contributed by atoms with Crippen molar-refractivity contribution in [3.63, 3.8) is 0 Å². The van der Waals surface area contributed by atoms with Crippen molar-refractivity contribution in [2.75, 3.05) is 12.4 Å². The summed E-state index contributed by atoms with van der Waals surface area (Å²) in [6, 6.07) is 5.54. The van der Waals surface area contributed by atoms with Gasteiger partial charge >= 0.3 is 5.97 Å². The number of carbonyl (C=O) groups excluding carboxylic acids is 1. The maximum atomic E-state index is 11.2. The van der Waals surface area contributed by atoms with E-state index in [4.69, 9.17) is 0 Å². The molecule has 1 unspecified atom stereocenters. The molecule has 0 fully saturated rings. The van der Waals surface area contributed by atoms with E-state index in [9.17, 15) is 4.79 Å². The lowest BCUT2D eigenvalue weighted by atomic mass is 10.2. The Morgan fingerprint density at radius 1 is 1.53 bits per heavy atom. The minimum absolute atomic E-state index is 0.269. The van der Waals surface area contributed by atoms with Gasteiger partial charge in [-0.2, -0.15) is 0 Å². The van der Waals surface area contributed by atoms with E-state index in [2.05, 4.69) is 26.0 Å². The van der Waals surface area contributed by atoms with Crippen molar-refractivity contribution in [1.29, 1.82) is 0 Å². The van der Waals surface area contributed by atoms with Crippen molar-refractivity contribution in [3.05, 3.63) is 28.2 Å². The highest BCUT2D eigenvalue weighted by atomic mass is 79.9. The summed E-state index contributed by atoms with van der Waals surface area (Å²) >= 11 is 3.38. The van der Waals surface area contributed by atoms with E-state index >= 15 is 0 Å². The lowest BCUT2D eigenvalue weighted by Gasteiger charge is -2.15. The number of halogens is 1. The molecule has 0 amide bonds. The number of carbonyl (C=O) groups is 1. The normalized spacial score (nSPS) is 12.0. The standard InChI is InChI=1S/C11H14BrNO2/c1-7-4-5-9(12)6-10(7)13-8(2)11(14)15-3/h4-6,8,13H,1-3H3. The van der Waals surface area contributed by atoms with Crippen LogP contribution >= 0.6 is 15.9 Å². The number of rotatable bonds is 3. The fraction of sp³-hybridized carbons (Fsp3) is 0.364. The summed E-state index contributed by atoms with van der Waals surface area (Å²) in [6.45, 7) is 3.75. The van der Waals surface area contributed by atoms with Crippen molar-refractivity contribution in [2.45, 2.75) is 19.9 Å². The molecule has 1 N–H and O–H groups in total. The number of methoxy groups -OCH3 is 1. The van der Waals surface area contributed by atoms with Gasteiger partial charge in [0.25, 0.3) is 0 Å². The average molecular weight is 272 g/mol. The van der Waals surface area contributed by atoms with Crippen LogP contribution in [0.5, 0.6) is 0 Å². The van der Waals surface area contributed by atoms with E-state index in [0.717, 1.165) is 15.7 Å². The van der Waals surface area contributed by atoms with Crippen LogP contribution < -0.4 is 5.32 Å². The molecule has 0 radical (unpaired) electrons. The molecule has 0 aliphatic carbocycles. The maximum Gasteiger partial charge on any atom is 0.327 e. The van der Waals surface area contributed by atoms with Gasteiger partial charge in [-0.25, -0.2) is 4.79 Å². The van der Waals surface area contributed by atoms with Crippen molar-refractivity contribution in [3.8, 4) is 0 Å². The van der Waals surface area contributed by atoms with Gasteiger partial charge in [0.05, 0.1) is 7.11 Å². The first-order valence-electron chi connectivity index (χ1n) is 4.65. The number of aryl methyl sites for hydroxylation is 1. The number of ether oxygens (including phenoxy) is 1. The van der Waals surface area contributed by atoms with Gasteiger partial charge < -0.3 is 10.1 Å². The van der Waals surface area contributed by atoms with Crippen LogP contribution in [0.1, 0.15) is 12.5 Å². The Labute approximate surface area is 97.9 Å². The summed E-state index contributed by atoms with van der Waals surface area (Å²) in [5.41, 5.74) is 2.02. The molecule has 0 aliphatic heterocycles. The molecule has 15 heavy (non-hydrogen) atoms. The molecular formula is C11H14BrNO2. The Hall–Kier alpha value is -1.03. The lowest BCUT2D eigenvalue weighted by Crippen LogP contribution is -2.27. The smallest absolute Gasteiger partial charge is 0.327 e. The Morgan fingerprint density at radius 3 is 2.80 bits per heavy atom. The highest BCUT2D eigenvalue weighted by Crippen LogP contribution is 2.21. The van der Waals surface area contributed by atoms with E-state index in [0.29, 0.717) is 0 Å². The van der Waals surface area contributed by atoms with E-state index < -0.39 is 0 Å². The summed E-state index contributed by atoms with van der Waals surface area (Å²) < 4.78 is 5.62. The third-order valence-electron chi connectivity index (χ3n) is 2.13. The van der Waals surface area contributed by atoms with Gasteiger partial charge in [-0.3, -0.25) is 0 Å². The van der Waals surface area contributed by atoms with Crippen LogP contribution in [0.2, 0.25) is 0 Å². The summed E-state index contributed by atoms with van der Waals surface area (Å²) in [7, 11) is 1.38. The molecule has 0 saturated heterocycles. The molecule has 3 nitrogen and oxygen atoms in total. The second-order valence-electron chi connectivity index (χ2n) is 3.35. The SMILES string of the molecule is COC(=O)C(C)Nc1cc(Br)ccc1C. The molecule has 1 rings (SSSR count). The van der Waals surface area contributed by atoms with Crippen LogP contribution in [0.3, 0.4) is 0 Å². The number of hydrogen-bond donors (Lipinski definition) is 1. The number of esters is 1. The predicted octanol–water partition coefficient (Wildman–Crippen LogP) is 2.73. The molecule has 0 saturated carbocycles. The molecule has 4 heteroatoms. The Morgan fingerprint density at radius 2 is 2.20 bits per heavy atom. The molecule has 1 aromatic carbocycles. The zero-order chi connectivity index (χ0) is 11.4. The molecule has 0 bridgehead atoms. The third-order valence-corrected chi connectivity index (χ3v) is 2.62. The second kappa shape index (κ2) is 5.16. The van der Waals surface area contributed by atoms with Crippen molar-refractivity contribution in [1.82, 2.24) is 0 Å². The molecule has 0 aromatic heterocycles. The first-order valence-corrected chi connectivity index (χ1v) is 5.44. The van der Waals surface area contributed by atoms with Gasteiger partial charge in [0.2, 0.25) is 0 Å². The molecule has 82 valence electrons. The van der Waals surface area contributed by atoms with Crippen LogP contribution in [0.4, 0.5) is 5.69 Å². The first kappa shape index (κ1) is 12.0. The van der Waals surface area contributed by atoms with Crippen LogP contribution in [0.15, 0.2) is 22.7 Å². The topological polar surface area (TPSA) is 38.3 Å². The van der Waals surface area contributed by atoms with Gasteiger partial charge in [0.15, 0.2) is 0 Å². The monoisotopic (exact) mass is 271 g/mol. The number of hydrogen-bond acceptors (Lipinski definition) is 3. The minimum Gasteiger partial charge on any atom is -0.467 e. The highest BCUT2D eigenvalue weighted by Gasteiger charge is 2.13. The second-order valence-corrected chi connectivity index (χ2v) is 4.26. The van der Waals surface area contributed by atoms with Crippen LogP contribution in [0.25, 0.3) is 0 Å². The average Bonchev–Trinajstić information content (AvgIpc) is 2.22. The Bertz CT molecular complexity index is 366. The zero-order valence-corrected chi connectivity index (χ0v) is 10.6. The molecule has 0 spiro atoms. The summed E-state index contributed by atoms with van der Waals surface area (Å²) in [5.74, 6) is -0.269. The molecule has 1 atom stereocenters. The lowest BCUT2D eigenvalue weighted by molar-refractivity contribution is -0.141. The number of anilines is 1. The molecular weight excluding hydrogens is 258 g/mol. The first-order chi connectivity index (χ1) is 7.04. The fourth-order valence-electron chi connectivity index (χ4n) is 1.22. The highest BCUT2D eigenvalue weighted by molar-refractivity contribution is 9.10. The quantitative estimate of drug-likeness (QED) is 0.860. The van der Waals surface area contributed by atoms with Crippen molar-refractivity contribution in [2.24, 2.45) is 0 Å². The van der Waals surface area contributed by atoms with Gasteiger partial charge in [0, 0.05) is 10.2 Å². The van der Waals surface area contributed by atoms with E-state index in [1.807, 2.05) is 25.1 Å². The Balaban J connectivity index is 2.80. The van der Waals surface area contributed by atoms with Gasteiger partial charge in [0.1, 0.15) is 6.04 Å². The van der Waals surface area contributed by atoms with E-state index in [1.165, 1.54) is 7.11 Å². The molecule has 1 aromatic rings.